The quantitative estimate of drug-likeness (QED) is 0.452. The van der Waals surface area contributed by atoms with Gasteiger partial charge >= 0.3 is 0 Å². The number of amides is 3. The maximum atomic E-state index is 12.8. The summed E-state index contributed by atoms with van der Waals surface area (Å²) in [5.74, 6) is 0.141. The Hall–Kier alpha value is -3.29. The van der Waals surface area contributed by atoms with Crippen LogP contribution in [0.5, 0.6) is 0 Å². The molecule has 1 aromatic heterocycles. The van der Waals surface area contributed by atoms with E-state index in [1.54, 1.807) is 78.9 Å². The molecule has 8 heteroatoms. The topological polar surface area (TPSA) is 70.8 Å². The maximum absolute atomic E-state index is 12.8. The van der Waals surface area contributed by atoms with Crippen molar-refractivity contribution in [1.82, 2.24) is 9.80 Å². The zero-order valence-electron chi connectivity index (χ0n) is 17.2. The molecule has 0 aliphatic carbocycles. The van der Waals surface area contributed by atoms with E-state index in [4.69, 9.17) is 16.0 Å². The third kappa shape index (κ3) is 4.95. The lowest BCUT2D eigenvalue weighted by Gasteiger charge is -2.16. The average Bonchev–Trinajstić information content (AvgIpc) is 3.37. The minimum absolute atomic E-state index is 0.151. The van der Waals surface area contributed by atoms with E-state index in [9.17, 15) is 14.4 Å². The lowest BCUT2D eigenvalue weighted by atomic mass is 10.1. The van der Waals surface area contributed by atoms with Crippen LogP contribution in [0, 0.1) is 0 Å². The number of hydrogen-bond acceptors (Lipinski definition) is 5. The molecule has 3 amide bonds. The number of hydrogen-bond donors (Lipinski definition) is 0. The molecule has 0 radical (unpaired) electrons. The Balaban J connectivity index is 1.49. The van der Waals surface area contributed by atoms with Crippen molar-refractivity contribution in [3.05, 3.63) is 99.3 Å². The fraction of sp³-hybridized carbons (Fsp3) is 0.125. The highest BCUT2D eigenvalue weighted by Crippen LogP contribution is 2.33. The van der Waals surface area contributed by atoms with E-state index in [2.05, 4.69) is 0 Å². The third-order valence-corrected chi connectivity index (χ3v) is 6.00. The summed E-state index contributed by atoms with van der Waals surface area (Å²) in [4.78, 5) is 41.1. The second-order valence-electron chi connectivity index (χ2n) is 7.26. The smallest absolute Gasteiger partial charge is 0.293 e. The summed E-state index contributed by atoms with van der Waals surface area (Å²) in [6, 6.07) is 17.6. The van der Waals surface area contributed by atoms with Gasteiger partial charge in [-0.05, 0) is 65.4 Å². The van der Waals surface area contributed by atoms with Crippen molar-refractivity contribution in [3.8, 4) is 0 Å². The molecule has 1 aliphatic rings. The molecule has 0 unspecified atom stereocenters. The molecule has 0 atom stereocenters. The molecule has 1 aliphatic heterocycles. The van der Waals surface area contributed by atoms with E-state index in [0.717, 1.165) is 17.3 Å². The van der Waals surface area contributed by atoms with Crippen LogP contribution in [0.15, 0.2) is 76.2 Å². The van der Waals surface area contributed by atoms with Gasteiger partial charge in [0.25, 0.3) is 17.1 Å². The minimum Gasteiger partial charge on any atom is -0.467 e. The molecule has 1 fully saturated rings. The highest BCUT2D eigenvalue weighted by atomic mass is 35.5. The largest absolute Gasteiger partial charge is 0.467 e. The predicted octanol–water partition coefficient (Wildman–Crippen LogP) is 5.44. The van der Waals surface area contributed by atoms with E-state index in [0.29, 0.717) is 33.4 Å². The number of halogens is 1. The summed E-state index contributed by atoms with van der Waals surface area (Å²) in [5.41, 5.74) is 1.91. The van der Waals surface area contributed by atoms with Gasteiger partial charge in [-0.3, -0.25) is 19.3 Å². The van der Waals surface area contributed by atoms with Gasteiger partial charge in [-0.15, -0.1) is 0 Å². The molecule has 0 spiro atoms. The maximum Gasteiger partial charge on any atom is 0.293 e. The summed E-state index contributed by atoms with van der Waals surface area (Å²) in [6.45, 7) is 0.497. The van der Waals surface area contributed by atoms with Crippen molar-refractivity contribution >= 4 is 46.5 Å². The SMILES string of the molecule is CN(Cc1ccco1)C(=O)c1cccc(/C=C2\SC(=O)N(Cc3cccc(Cl)c3)C2=O)c1. The zero-order valence-corrected chi connectivity index (χ0v) is 18.7. The van der Waals surface area contributed by atoms with Crippen LogP contribution in [0.4, 0.5) is 4.79 Å². The van der Waals surface area contributed by atoms with Crippen LogP contribution in [0.25, 0.3) is 6.08 Å². The van der Waals surface area contributed by atoms with Crippen LogP contribution in [-0.4, -0.2) is 33.9 Å². The van der Waals surface area contributed by atoms with Crippen molar-refractivity contribution in [3.63, 3.8) is 0 Å². The Kier molecular flexibility index (Phi) is 6.48. The number of rotatable bonds is 6. The Morgan fingerprint density at radius 3 is 2.69 bits per heavy atom. The van der Waals surface area contributed by atoms with Gasteiger partial charge in [0.2, 0.25) is 0 Å². The number of benzene rings is 2. The summed E-state index contributed by atoms with van der Waals surface area (Å²) in [7, 11) is 1.69. The van der Waals surface area contributed by atoms with Crippen molar-refractivity contribution in [2.45, 2.75) is 13.1 Å². The summed E-state index contributed by atoms with van der Waals surface area (Å²) in [6.07, 6.45) is 3.19. The number of nitrogens with zero attached hydrogens (tertiary/aromatic N) is 2. The van der Waals surface area contributed by atoms with Gasteiger partial charge in [0, 0.05) is 17.6 Å². The summed E-state index contributed by atoms with van der Waals surface area (Å²) < 4.78 is 5.30. The fourth-order valence-corrected chi connectivity index (χ4v) is 4.35. The first-order valence-electron chi connectivity index (χ1n) is 9.78. The second-order valence-corrected chi connectivity index (χ2v) is 8.69. The number of carbonyl (C=O) groups is 3. The lowest BCUT2D eigenvalue weighted by Crippen LogP contribution is -2.27. The van der Waals surface area contributed by atoms with Gasteiger partial charge in [-0.1, -0.05) is 35.9 Å². The van der Waals surface area contributed by atoms with Crippen LogP contribution in [-0.2, 0) is 17.9 Å². The predicted molar refractivity (Wildman–Crippen MR) is 124 cm³/mol. The lowest BCUT2D eigenvalue weighted by molar-refractivity contribution is -0.123. The summed E-state index contributed by atoms with van der Waals surface area (Å²) in [5, 5.41) is 0.204. The fourth-order valence-electron chi connectivity index (χ4n) is 3.30. The molecule has 4 rings (SSSR count). The number of furan rings is 1. The van der Waals surface area contributed by atoms with Crippen molar-refractivity contribution in [2.75, 3.05) is 7.05 Å². The van der Waals surface area contributed by atoms with Gasteiger partial charge in [0.1, 0.15) is 5.76 Å². The Morgan fingerprint density at radius 1 is 1.12 bits per heavy atom. The van der Waals surface area contributed by atoms with Crippen molar-refractivity contribution in [2.24, 2.45) is 0 Å². The molecule has 3 aromatic rings. The average molecular weight is 467 g/mol. The number of thioether (sulfide) groups is 1. The second kappa shape index (κ2) is 9.46. The molecule has 162 valence electrons. The molecule has 2 aromatic carbocycles. The van der Waals surface area contributed by atoms with E-state index >= 15 is 0 Å². The highest BCUT2D eigenvalue weighted by molar-refractivity contribution is 8.18. The zero-order chi connectivity index (χ0) is 22.7. The van der Waals surface area contributed by atoms with Crippen LogP contribution in [0.1, 0.15) is 27.2 Å². The van der Waals surface area contributed by atoms with Gasteiger partial charge in [-0.2, -0.15) is 0 Å². The number of imide groups is 1. The Bertz CT molecular complexity index is 1210. The van der Waals surface area contributed by atoms with E-state index in [1.807, 2.05) is 6.07 Å². The van der Waals surface area contributed by atoms with Crippen LogP contribution in [0.2, 0.25) is 5.02 Å². The van der Waals surface area contributed by atoms with E-state index in [1.165, 1.54) is 4.90 Å². The molecule has 0 N–H and O–H groups in total. The van der Waals surface area contributed by atoms with Crippen LogP contribution < -0.4 is 0 Å². The van der Waals surface area contributed by atoms with Crippen molar-refractivity contribution in [1.29, 1.82) is 0 Å². The number of carbonyl (C=O) groups excluding carboxylic acids is 3. The first-order chi connectivity index (χ1) is 15.4. The molecular weight excluding hydrogens is 448 g/mol. The molecule has 0 saturated carbocycles. The molecular formula is C24H19ClN2O4S. The standard InChI is InChI=1S/C24H19ClN2O4S/c1-26(15-20-9-4-10-31-20)22(28)18-7-2-5-16(11-18)13-21-23(29)27(24(30)32-21)14-17-6-3-8-19(25)12-17/h2-13H,14-15H2,1H3/b21-13-. The van der Waals surface area contributed by atoms with Crippen LogP contribution in [0.3, 0.4) is 0 Å². The third-order valence-electron chi connectivity index (χ3n) is 4.85. The van der Waals surface area contributed by atoms with Gasteiger partial charge in [-0.25, -0.2) is 0 Å². The van der Waals surface area contributed by atoms with Crippen LogP contribution >= 0.6 is 23.4 Å². The van der Waals surface area contributed by atoms with Gasteiger partial charge in [0.15, 0.2) is 0 Å². The highest BCUT2D eigenvalue weighted by Gasteiger charge is 2.35. The van der Waals surface area contributed by atoms with Gasteiger partial charge < -0.3 is 9.32 Å². The minimum atomic E-state index is -0.369. The van der Waals surface area contributed by atoms with E-state index < -0.39 is 0 Å². The normalized spacial score (nSPS) is 14.9. The van der Waals surface area contributed by atoms with E-state index in [-0.39, 0.29) is 23.6 Å². The Morgan fingerprint density at radius 2 is 1.94 bits per heavy atom. The molecule has 2 heterocycles. The molecule has 0 bridgehead atoms. The first-order valence-corrected chi connectivity index (χ1v) is 11.0. The van der Waals surface area contributed by atoms with Crippen molar-refractivity contribution < 1.29 is 18.8 Å². The first kappa shape index (κ1) is 21.9. The van der Waals surface area contributed by atoms with Gasteiger partial charge in [0.05, 0.1) is 24.3 Å². The molecule has 6 nitrogen and oxygen atoms in total. The molecule has 1 saturated heterocycles. The Labute approximate surface area is 194 Å². The monoisotopic (exact) mass is 466 g/mol. The molecule has 32 heavy (non-hydrogen) atoms. The summed E-state index contributed by atoms with van der Waals surface area (Å²) >= 11 is 6.88.